The Bertz CT molecular complexity index is 639. The smallest absolute Gasteiger partial charge is 0.356 e. The van der Waals surface area contributed by atoms with Crippen LogP contribution in [0.2, 0.25) is 0 Å². The van der Waals surface area contributed by atoms with Crippen LogP contribution in [0.15, 0.2) is 22.7 Å². The molecule has 94 valence electrons. The van der Waals surface area contributed by atoms with Crippen LogP contribution in [0.1, 0.15) is 10.5 Å². The van der Waals surface area contributed by atoms with Gasteiger partial charge in [-0.15, -0.1) is 0 Å². The molecule has 0 spiro atoms. The molecule has 1 aromatic heterocycles. The second-order valence-electron chi connectivity index (χ2n) is 3.63. The van der Waals surface area contributed by atoms with E-state index in [1.165, 1.54) is 16.8 Å². The molecule has 0 amide bonds. The summed E-state index contributed by atoms with van der Waals surface area (Å²) in [5.74, 6) is -2.05. The third-order valence-corrected chi connectivity index (χ3v) is 3.02. The van der Waals surface area contributed by atoms with Crippen LogP contribution < -0.4 is 0 Å². The number of phenolic OH excluding ortho intramolecular Hbond substituents is 1. The lowest BCUT2D eigenvalue weighted by Gasteiger charge is -2.06. The van der Waals surface area contributed by atoms with Crippen LogP contribution in [-0.4, -0.2) is 26.0 Å². The van der Waals surface area contributed by atoms with Crippen molar-refractivity contribution in [3.05, 3.63) is 34.2 Å². The summed E-state index contributed by atoms with van der Waals surface area (Å²) in [6.45, 7) is 0. The number of halogens is 2. The summed E-state index contributed by atoms with van der Waals surface area (Å²) in [5.41, 5.74) is 0.531. The maximum absolute atomic E-state index is 13.2. The number of aromatic hydroxyl groups is 1. The fourth-order valence-corrected chi connectivity index (χ4v) is 1.91. The number of aryl methyl sites for hydroxylation is 1. The second-order valence-corrected chi connectivity index (χ2v) is 4.48. The molecule has 2 rings (SSSR count). The van der Waals surface area contributed by atoms with E-state index in [0.29, 0.717) is 11.3 Å². The van der Waals surface area contributed by atoms with E-state index in [2.05, 4.69) is 21.0 Å². The van der Waals surface area contributed by atoms with Crippen molar-refractivity contribution in [2.45, 2.75) is 0 Å². The number of carboxylic acid groups (broad SMARTS) is 1. The van der Waals surface area contributed by atoms with Gasteiger partial charge in [0.05, 0.1) is 10.2 Å². The molecule has 2 N–H and O–H groups in total. The quantitative estimate of drug-likeness (QED) is 0.892. The van der Waals surface area contributed by atoms with Gasteiger partial charge in [-0.05, 0) is 28.1 Å². The first-order valence-corrected chi connectivity index (χ1v) is 5.65. The summed E-state index contributed by atoms with van der Waals surface area (Å²) in [7, 11) is 1.54. The third-order valence-electron chi connectivity index (χ3n) is 2.41. The van der Waals surface area contributed by atoms with Gasteiger partial charge < -0.3 is 10.2 Å². The number of benzene rings is 1. The Balaban J connectivity index is 2.62. The third kappa shape index (κ3) is 2.08. The first kappa shape index (κ1) is 12.6. The molecular weight excluding hydrogens is 307 g/mol. The molecule has 0 fully saturated rings. The Morgan fingerprint density at radius 1 is 1.44 bits per heavy atom. The van der Waals surface area contributed by atoms with Crippen LogP contribution in [-0.2, 0) is 7.05 Å². The number of hydrogen-bond acceptors (Lipinski definition) is 3. The highest BCUT2D eigenvalue weighted by atomic mass is 79.9. The highest BCUT2D eigenvalue weighted by molar-refractivity contribution is 9.10. The molecule has 0 atom stereocenters. The van der Waals surface area contributed by atoms with E-state index in [4.69, 9.17) is 5.11 Å². The van der Waals surface area contributed by atoms with E-state index in [0.717, 1.165) is 6.07 Å². The van der Waals surface area contributed by atoms with E-state index in [1.54, 1.807) is 7.05 Å². The molecule has 7 heteroatoms. The highest BCUT2D eigenvalue weighted by Gasteiger charge is 2.16. The average molecular weight is 315 g/mol. The van der Waals surface area contributed by atoms with Gasteiger partial charge in [0, 0.05) is 18.7 Å². The number of aromatic carboxylic acids is 1. The molecule has 1 heterocycles. The van der Waals surface area contributed by atoms with E-state index >= 15 is 0 Å². The number of phenols is 1. The number of carbonyl (C=O) groups is 1. The Hall–Kier alpha value is -1.89. The fraction of sp³-hybridized carbons (Fsp3) is 0.0909. The lowest BCUT2D eigenvalue weighted by molar-refractivity contribution is 0.0689. The zero-order chi connectivity index (χ0) is 13.4. The van der Waals surface area contributed by atoms with E-state index in [1.807, 2.05) is 0 Å². The van der Waals surface area contributed by atoms with Gasteiger partial charge in [0.25, 0.3) is 0 Å². The maximum atomic E-state index is 13.2. The van der Waals surface area contributed by atoms with Gasteiger partial charge in [-0.2, -0.15) is 5.10 Å². The first-order valence-electron chi connectivity index (χ1n) is 4.86. The minimum Gasteiger partial charge on any atom is -0.507 e. The van der Waals surface area contributed by atoms with Crippen molar-refractivity contribution in [3.63, 3.8) is 0 Å². The number of aromatic nitrogens is 2. The molecule has 2 aromatic rings. The van der Waals surface area contributed by atoms with Crippen molar-refractivity contribution in [2.75, 3.05) is 0 Å². The summed E-state index contributed by atoms with van der Waals surface area (Å²) in [4.78, 5) is 10.8. The molecular formula is C11H8BrFN2O3. The fourth-order valence-electron chi connectivity index (χ4n) is 1.57. The second kappa shape index (κ2) is 4.41. The molecule has 0 radical (unpaired) electrons. The van der Waals surface area contributed by atoms with Gasteiger partial charge in [-0.1, -0.05) is 0 Å². The molecule has 5 nitrogen and oxygen atoms in total. The van der Waals surface area contributed by atoms with Gasteiger partial charge in [0.2, 0.25) is 0 Å². The summed E-state index contributed by atoms with van der Waals surface area (Å²) in [6, 6.07) is 3.63. The van der Waals surface area contributed by atoms with Gasteiger partial charge in [0.15, 0.2) is 5.69 Å². The lowest BCUT2D eigenvalue weighted by Crippen LogP contribution is -1.99. The standard InChI is InChI=1S/C11H8BrFN2O3/c1-15-9(4-8(14-15)11(17)18)5-2-6(12)7(13)3-10(5)16/h2-4,16H,1H3,(H,17,18). The molecule has 0 aliphatic carbocycles. The Morgan fingerprint density at radius 3 is 2.67 bits per heavy atom. The predicted octanol–water partition coefficient (Wildman–Crippen LogP) is 2.39. The average Bonchev–Trinajstić information content (AvgIpc) is 2.66. The van der Waals surface area contributed by atoms with Crippen LogP contribution in [0.5, 0.6) is 5.75 Å². The van der Waals surface area contributed by atoms with E-state index in [-0.39, 0.29) is 15.9 Å². The number of nitrogens with zero attached hydrogens (tertiary/aromatic N) is 2. The summed E-state index contributed by atoms with van der Waals surface area (Å²) in [6.07, 6.45) is 0. The minimum atomic E-state index is -1.17. The van der Waals surface area contributed by atoms with Crippen LogP contribution in [0.3, 0.4) is 0 Å². The Kier molecular flexibility index (Phi) is 3.08. The van der Waals surface area contributed by atoms with Crippen LogP contribution in [0, 0.1) is 5.82 Å². The maximum Gasteiger partial charge on any atom is 0.356 e. The SMILES string of the molecule is Cn1nc(C(=O)O)cc1-c1cc(Br)c(F)cc1O. The van der Waals surface area contributed by atoms with Crippen LogP contribution in [0.4, 0.5) is 4.39 Å². The highest BCUT2D eigenvalue weighted by Crippen LogP contribution is 2.33. The molecule has 0 aliphatic heterocycles. The van der Waals surface area contributed by atoms with Gasteiger partial charge in [0.1, 0.15) is 11.6 Å². The molecule has 0 unspecified atom stereocenters. The molecule has 18 heavy (non-hydrogen) atoms. The molecule has 0 saturated carbocycles. The predicted molar refractivity (Wildman–Crippen MR) is 64.9 cm³/mol. The summed E-state index contributed by atoms with van der Waals surface area (Å²) < 4.78 is 14.7. The zero-order valence-electron chi connectivity index (χ0n) is 9.19. The summed E-state index contributed by atoms with van der Waals surface area (Å²) in [5, 5.41) is 22.3. The molecule has 0 saturated heterocycles. The van der Waals surface area contributed by atoms with E-state index in [9.17, 15) is 14.3 Å². The van der Waals surface area contributed by atoms with Crippen molar-refractivity contribution >= 4 is 21.9 Å². The number of hydrogen-bond donors (Lipinski definition) is 2. The molecule has 0 bridgehead atoms. The topological polar surface area (TPSA) is 75.4 Å². The Labute approximate surface area is 110 Å². The van der Waals surface area contributed by atoms with Crippen LogP contribution in [0.25, 0.3) is 11.3 Å². The van der Waals surface area contributed by atoms with Crippen molar-refractivity contribution in [1.29, 1.82) is 0 Å². The largest absolute Gasteiger partial charge is 0.507 e. The normalized spacial score (nSPS) is 10.6. The first-order chi connectivity index (χ1) is 8.40. The lowest BCUT2D eigenvalue weighted by atomic mass is 10.1. The van der Waals surface area contributed by atoms with Gasteiger partial charge >= 0.3 is 5.97 Å². The van der Waals surface area contributed by atoms with Crippen LogP contribution >= 0.6 is 15.9 Å². The summed E-state index contributed by atoms with van der Waals surface area (Å²) >= 11 is 3.01. The monoisotopic (exact) mass is 314 g/mol. The zero-order valence-corrected chi connectivity index (χ0v) is 10.8. The van der Waals surface area contributed by atoms with Crippen molar-refractivity contribution in [1.82, 2.24) is 9.78 Å². The van der Waals surface area contributed by atoms with Gasteiger partial charge in [-0.25, -0.2) is 9.18 Å². The Morgan fingerprint density at radius 2 is 2.11 bits per heavy atom. The van der Waals surface area contributed by atoms with Gasteiger partial charge in [-0.3, -0.25) is 4.68 Å². The van der Waals surface area contributed by atoms with Crippen molar-refractivity contribution in [3.8, 4) is 17.0 Å². The van der Waals surface area contributed by atoms with E-state index < -0.39 is 11.8 Å². The molecule has 0 aliphatic rings. The minimum absolute atomic E-state index is 0.146. The van der Waals surface area contributed by atoms with Crippen molar-refractivity contribution in [2.24, 2.45) is 7.05 Å². The molecule has 1 aromatic carbocycles. The number of carboxylic acids is 1. The number of rotatable bonds is 2. The van der Waals surface area contributed by atoms with Crippen molar-refractivity contribution < 1.29 is 19.4 Å².